The average molecular weight is 780 g/mol. The van der Waals surface area contributed by atoms with Crippen molar-refractivity contribution < 1.29 is 32.7 Å². The molecule has 0 amide bonds. The van der Waals surface area contributed by atoms with E-state index in [1.807, 2.05) is 30.3 Å². The zero-order valence-electron chi connectivity index (χ0n) is 30.8. The van der Waals surface area contributed by atoms with Crippen LogP contribution in [0.25, 0.3) is 61.5 Å². The van der Waals surface area contributed by atoms with Gasteiger partial charge in [0.05, 0.1) is 16.9 Å². The van der Waals surface area contributed by atoms with Crippen molar-refractivity contribution in [1.82, 2.24) is 14.5 Å². The van der Waals surface area contributed by atoms with E-state index in [1.54, 1.807) is 12.1 Å². The number of para-hydroxylation sites is 2. The smallest absolute Gasteiger partial charge is 0.0774 e. The van der Waals surface area contributed by atoms with Crippen LogP contribution in [-0.2, 0) is 20.1 Å². The molecule has 0 N–H and O–H groups in total. The minimum absolute atomic E-state index is 0. The van der Waals surface area contributed by atoms with E-state index in [4.69, 9.17) is 17.6 Å². The van der Waals surface area contributed by atoms with Crippen LogP contribution in [0.15, 0.2) is 138 Å². The van der Waals surface area contributed by atoms with Crippen LogP contribution in [0.1, 0.15) is 24.9 Å². The van der Waals surface area contributed by atoms with Crippen molar-refractivity contribution >= 4 is 22.0 Å². The van der Waals surface area contributed by atoms with Gasteiger partial charge in [-0.1, -0.05) is 102 Å². The predicted octanol–water partition coefficient (Wildman–Crippen LogP) is 10.4. The number of furan rings is 1. The molecule has 0 saturated heterocycles. The van der Waals surface area contributed by atoms with Crippen molar-refractivity contribution in [2.24, 2.45) is 0 Å². The van der Waals surface area contributed by atoms with Gasteiger partial charge in [-0.25, -0.2) is 0 Å². The molecular weight excluding hydrogens is 743 g/mol. The summed E-state index contributed by atoms with van der Waals surface area (Å²) >= 11 is 0. The largest absolute Gasteiger partial charge is 0.557 e. The molecule has 0 bridgehead atoms. The Balaban J connectivity index is 0.000000193. The number of hydrogen-bond acceptors (Lipinski definition) is 3. The summed E-state index contributed by atoms with van der Waals surface area (Å²) in [5.41, 5.74) is 9.85. The maximum Gasteiger partial charge on any atom is 0.0774 e. The third kappa shape index (κ3) is 6.34. The summed E-state index contributed by atoms with van der Waals surface area (Å²) in [6.45, 7) is -2.28. The fraction of sp³-hybridized carbons (Fsp3) is 0.0732. The molecule has 3 heterocycles. The minimum Gasteiger partial charge on any atom is -0.557 e. The number of pyridine rings is 1. The molecule has 0 atom stereocenters. The monoisotopic (exact) mass is 780 g/mol. The van der Waals surface area contributed by atoms with E-state index < -0.39 is 13.7 Å². The molecule has 227 valence electrons. The molecule has 5 heteroatoms. The minimum atomic E-state index is -2.18. The normalized spacial score (nSPS) is 13.2. The maximum atomic E-state index is 7.28. The number of benzene rings is 5. The van der Waals surface area contributed by atoms with Crippen LogP contribution in [-0.4, -0.2) is 14.5 Å². The van der Waals surface area contributed by atoms with E-state index in [2.05, 4.69) is 95.5 Å². The number of aryl methyl sites for hydroxylation is 3. The molecule has 0 fully saturated rings. The van der Waals surface area contributed by atoms with E-state index in [0.29, 0.717) is 11.3 Å². The molecule has 1 radical (unpaired) electrons. The molecule has 0 aliphatic carbocycles. The molecular formula is C41H31IrN3O-2. The summed E-state index contributed by atoms with van der Waals surface area (Å²) in [6, 6.07) is 43.9. The third-order valence-electron chi connectivity index (χ3n) is 7.54. The Labute approximate surface area is 291 Å². The van der Waals surface area contributed by atoms with Gasteiger partial charge in [0.15, 0.2) is 0 Å². The summed E-state index contributed by atoms with van der Waals surface area (Å²) in [4.78, 5) is 9.03. The van der Waals surface area contributed by atoms with Crippen molar-refractivity contribution in [3.8, 4) is 39.5 Å². The topological polar surface area (TPSA) is 43.9 Å². The molecule has 0 saturated carbocycles. The van der Waals surface area contributed by atoms with E-state index in [9.17, 15) is 0 Å². The van der Waals surface area contributed by atoms with Gasteiger partial charge in [-0.2, -0.15) is 0 Å². The van der Waals surface area contributed by atoms with Gasteiger partial charge in [-0.3, -0.25) is 4.98 Å². The number of fused-ring (bicyclic) bond motifs is 2. The molecule has 8 rings (SSSR count). The standard InChI is InChI=1S/C28H19N2O.C13H12N.Ir/c1-19-11-16-23-24(18-31-27(23)17-19)28-29-25-9-5-6-10-26(25)30(28)22-14-12-21(13-15-22)20-7-3-2-4-8-20;1-10-3-6-12(7-4-10)13-8-5-11(2)9-14-13;/h2-17H,1H3;3-6,8-9H,1-2H3;/q2*-1;/i;1D3,2D3;. The van der Waals surface area contributed by atoms with Gasteiger partial charge in [0, 0.05) is 52.1 Å². The summed E-state index contributed by atoms with van der Waals surface area (Å²) in [7, 11) is 0. The Morgan fingerprint density at radius 1 is 0.739 bits per heavy atom. The van der Waals surface area contributed by atoms with Crippen molar-refractivity contribution in [2.75, 3.05) is 0 Å². The fourth-order valence-corrected chi connectivity index (χ4v) is 5.27. The first-order valence-corrected chi connectivity index (χ1v) is 14.5. The summed E-state index contributed by atoms with van der Waals surface area (Å²) in [5.74, 6) is 0.830. The number of aromatic nitrogens is 3. The van der Waals surface area contributed by atoms with Gasteiger partial charge in [0.25, 0.3) is 0 Å². The zero-order chi connectivity index (χ0) is 35.8. The number of hydrogen-bond donors (Lipinski definition) is 0. The quantitative estimate of drug-likeness (QED) is 0.167. The SMILES string of the molecule is Cc1ccc2c(-c3nc4ccccc4n3-c3ccc(-c4ccccc4)cc3)[c-]oc2c1.[2H]C([2H])([2H])c1c[c-]c(-c2ccc(C([2H])([2H])[2H])cn2)cc1.[Ir]. The molecule has 0 spiro atoms. The second-order valence-corrected chi connectivity index (χ2v) is 10.7. The molecule has 0 aliphatic rings. The first kappa shape index (κ1) is 24.2. The van der Waals surface area contributed by atoms with Gasteiger partial charge in [0.2, 0.25) is 0 Å². The Kier molecular flexibility index (Phi) is 7.09. The summed E-state index contributed by atoms with van der Waals surface area (Å²) in [5, 5.41) is 1.02. The Hall–Kier alpha value is -5.09. The Morgan fingerprint density at radius 2 is 1.48 bits per heavy atom. The second-order valence-electron chi connectivity index (χ2n) is 10.7. The van der Waals surface area contributed by atoms with Crippen LogP contribution in [0.5, 0.6) is 0 Å². The number of rotatable bonds is 4. The number of imidazole rings is 1. The Morgan fingerprint density at radius 3 is 2.22 bits per heavy atom. The zero-order valence-corrected chi connectivity index (χ0v) is 27.2. The maximum absolute atomic E-state index is 7.28. The Bertz CT molecular complexity index is 2380. The van der Waals surface area contributed by atoms with Gasteiger partial charge in [0.1, 0.15) is 0 Å². The van der Waals surface area contributed by atoms with Gasteiger partial charge >= 0.3 is 0 Å². The second kappa shape index (κ2) is 13.5. The molecule has 5 aromatic carbocycles. The van der Waals surface area contributed by atoms with E-state index in [-0.39, 0.29) is 31.2 Å². The first-order chi connectivity index (χ1) is 24.5. The number of nitrogens with zero attached hydrogens (tertiary/aromatic N) is 3. The van der Waals surface area contributed by atoms with Crippen molar-refractivity contribution in [2.45, 2.75) is 20.6 Å². The molecule has 0 aliphatic heterocycles. The van der Waals surface area contributed by atoms with Gasteiger partial charge in [-0.15, -0.1) is 41.5 Å². The van der Waals surface area contributed by atoms with Gasteiger partial charge in [-0.05, 0) is 60.4 Å². The van der Waals surface area contributed by atoms with Gasteiger partial charge < -0.3 is 14.0 Å². The van der Waals surface area contributed by atoms with Crippen LogP contribution >= 0.6 is 0 Å². The van der Waals surface area contributed by atoms with Crippen LogP contribution in [0.4, 0.5) is 0 Å². The first-order valence-electron chi connectivity index (χ1n) is 17.5. The van der Waals surface area contributed by atoms with Crippen LogP contribution in [0, 0.1) is 33.0 Å². The average Bonchev–Trinajstić information content (AvgIpc) is 3.73. The van der Waals surface area contributed by atoms with E-state index >= 15 is 0 Å². The summed E-state index contributed by atoms with van der Waals surface area (Å²) < 4.78 is 51.6. The molecule has 4 nitrogen and oxygen atoms in total. The van der Waals surface area contributed by atoms with Crippen molar-refractivity contribution in [3.63, 3.8) is 0 Å². The van der Waals surface area contributed by atoms with E-state index in [1.165, 1.54) is 35.5 Å². The molecule has 0 unspecified atom stereocenters. The molecule has 46 heavy (non-hydrogen) atoms. The van der Waals surface area contributed by atoms with Crippen molar-refractivity contribution in [3.05, 3.63) is 163 Å². The van der Waals surface area contributed by atoms with Crippen LogP contribution in [0.3, 0.4) is 0 Å². The van der Waals surface area contributed by atoms with Crippen molar-refractivity contribution in [1.29, 1.82) is 0 Å². The fourth-order valence-electron chi connectivity index (χ4n) is 5.27. The van der Waals surface area contributed by atoms with Crippen LogP contribution < -0.4 is 0 Å². The molecule has 8 aromatic rings. The van der Waals surface area contributed by atoms with Crippen LogP contribution in [0.2, 0.25) is 0 Å². The predicted molar refractivity (Wildman–Crippen MR) is 183 cm³/mol. The molecule has 3 aromatic heterocycles. The van der Waals surface area contributed by atoms with E-state index in [0.717, 1.165) is 44.6 Å². The third-order valence-corrected chi connectivity index (χ3v) is 7.54. The summed E-state index contributed by atoms with van der Waals surface area (Å²) in [6.07, 6.45) is 4.41.